The summed E-state index contributed by atoms with van der Waals surface area (Å²) in [6.45, 7) is 3.43. The first-order valence-corrected chi connectivity index (χ1v) is 11.2. The largest absolute Gasteiger partial charge is 0.325 e. The van der Waals surface area contributed by atoms with Crippen LogP contribution in [0.2, 0.25) is 5.02 Å². The Hall–Kier alpha value is -3.36. The predicted molar refractivity (Wildman–Crippen MR) is 128 cm³/mol. The summed E-state index contributed by atoms with van der Waals surface area (Å²) in [6.07, 6.45) is 1.66. The third kappa shape index (κ3) is 4.86. The standard InChI is InChI=1S/C24H19ClFN3O3S/c1-14-10-16(15(2)29(14)20-5-3-4-17(25)12-20)11-21-23(31)28(24(32)33-21)13-22(30)27-19-8-6-18(26)7-9-19/h3-12H,13H2,1-2H3,(H,27,30)/b21-11-. The number of hydrogen-bond acceptors (Lipinski definition) is 4. The van der Waals surface area contributed by atoms with Gasteiger partial charge in [-0.2, -0.15) is 0 Å². The van der Waals surface area contributed by atoms with E-state index in [1.807, 2.05) is 42.7 Å². The highest BCUT2D eigenvalue weighted by Gasteiger charge is 2.36. The fourth-order valence-corrected chi connectivity index (χ4v) is 4.61. The lowest BCUT2D eigenvalue weighted by atomic mass is 10.2. The fraction of sp³-hybridized carbons (Fsp3) is 0.125. The number of carbonyl (C=O) groups excluding carboxylic acids is 3. The highest BCUT2D eigenvalue weighted by molar-refractivity contribution is 8.18. The van der Waals surface area contributed by atoms with E-state index >= 15 is 0 Å². The highest BCUT2D eigenvalue weighted by atomic mass is 35.5. The smallest absolute Gasteiger partial charge is 0.294 e. The lowest BCUT2D eigenvalue weighted by Gasteiger charge is -2.12. The van der Waals surface area contributed by atoms with Gasteiger partial charge in [-0.15, -0.1) is 0 Å². The zero-order valence-corrected chi connectivity index (χ0v) is 19.3. The molecule has 0 aliphatic carbocycles. The second kappa shape index (κ2) is 9.25. The van der Waals surface area contributed by atoms with Crippen LogP contribution in [-0.2, 0) is 9.59 Å². The Morgan fingerprint density at radius 2 is 1.85 bits per heavy atom. The highest BCUT2D eigenvalue weighted by Crippen LogP contribution is 2.34. The van der Waals surface area contributed by atoms with Crippen molar-refractivity contribution >= 4 is 52.2 Å². The number of imide groups is 1. The number of nitrogens with one attached hydrogen (secondary N) is 1. The molecule has 168 valence electrons. The number of amides is 3. The quantitative estimate of drug-likeness (QED) is 0.482. The maximum Gasteiger partial charge on any atom is 0.294 e. The van der Waals surface area contributed by atoms with Crippen LogP contribution in [0.1, 0.15) is 17.0 Å². The molecule has 1 aliphatic heterocycles. The molecule has 6 nitrogen and oxygen atoms in total. The molecule has 2 aromatic carbocycles. The van der Waals surface area contributed by atoms with Crippen LogP contribution in [0.3, 0.4) is 0 Å². The second-order valence-corrected chi connectivity index (χ2v) is 8.89. The Morgan fingerprint density at radius 1 is 1.12 bits per heavy atom. The number of nitrogens with zero attached hydrogens (tertiary/aromatic N) is 2. The molecule has 4 rings (SSSR count). The molecule has 3 aromatic rings. The van der Waals surface area contributed by atoms with Crippen molar-refractivity contribution in [1.82, 2.24) is 9.47 Å². The number of benzene rings is 2. The molecule has 2 heterocycles. The van der Waals surface area contributed by atoms with Crippen molar-refractivity contribution in [2.45, 2.75) is 13.8 Å². The molecule has 3 amide bonds. The summed E-state index contributed by atoms with van der Waals surface area (Å²) in [6, 6.07) is 14.6. The van der Waals surface area contributed by atoms with Crippen molar-refractivity contribution in [2.75, 3.05) is 11.9 Å². The van der Waals surface area contributed by atoms with Gasteiger partial charge in [-0.3, -0.25) is 19.3 Å². The van der Waals surface area contributed by atoms with Gasteiger partial charge in [0, 0.05) is 27.8 Å². The summed E-state index contributed by atoms with van der Waals surface area (Å²) in [5.41, 5.74) is 3.88. The second-order valence-electron chi connectivity index (χ2n) is 7.46. The Bertz CT molecular complexity index is 1300. The van der Waals surface area contributed by atoms with Gasteiger partial charge in [0.15, 0.2) is 0 Å². The fourth-order valence-electron chi connectivity index (χ4n) is 3.60. The van der Waals surface area contributed by atoms with Crippen LogP contribution in [-0.4, -0.2) is 33.1 Å². The minimum atomic E-state index is -0.552. The minimum Gasteiger partial charge on any atom is -0.325 e. The third-order valence-corrected chi connectivity index (χ3v) is 6.27. The van der Waals surface area contributed by atoms with Crippen LogP contribution in [0, 0.1) is 19.7 Å². The van der Waals surface area contributed by atoms with E-state index in [-0.39, 0.29) is 4.91 Å². The molecule has 0 atom stereocenters. The monoisotopic (exact) mass is 483 g/mol. The van der Waals surface area contributed by atoms with Crippen LogP contribution in [0.5, 0.6) is 0 Å². The Morgan fingerprint density at radius 3 is 2.55 bits per heavy atom. The Kier molecular flexibility index (Phi) is 6.40. The summed E-state index contributed by atoms with van der Waals surface area (Å²) in [5.74, 6) is -1.52. The number of aromatic nitrogens is 1. The van der Waals surface area contributed by atoms with Gasteiger partial charge in [-0.1, -0.05) is 17.7 Å². The van der Waals surface area contributed by atoms with Gasteiger partial charge in [-0.05, 0) is 85.8 Å². The molecular formula is C24H19ClFN3O3S. The zero-order valence-electron chi connectivity index (χ0n) is 17.8. The topological polar surface area (TPSA) is 71.4 Å². The molecule has 9 heteroatoms. The summed E-state index contributed by atoms with van der Waals surface area (Å²) in [7, 11) is 0. The molecule has 0 saturated carbocycles. The van der Waals surface area contributed by atoms with Crippen molar-refractivity contribution in [3.8, 4) is 5.69 Å². The van der Waals surface area contributed by atoms with Crippen LogP contribution in [0.15, 0.2) is 59.5 Å². The normalized spacial score (nSPS) is 14.9. The Balaban J connectivity index is 1.53. The molecule has 1 saturated heterocycles. The molecule has 0 unspecified atom stereocenters. The lowest BCUT2D eigenvalue weighted by molar-refractivity contribution is -0.127. The average Bonchev–Trinajstić information content (AvgIpc) is 3.19. The summed E-state index contributed by atoms with van der Waals surface area (Å²) in [4.78, 5) is 38.7. The van der Waals surface area contributed by atoms with Crippen molar-refractivity contribution in [2.24, 2.45) is 0 Å². The zero-order chi connectivity index (χ0) is 23.7. The molecule has 1 aliphatic rings. The molecule has 0 spiro atoms. The number of rotatable bonds is 5. The van der Waals surface area contributed by atoms with Crippen LogP contribution < -0.4 is 5.32 Å². The molecule has 1 aromatic heterocycles. The van der Waals surface area contributed by atoms with Gasteiger partial charge in [0.05, 0.1) is 4.91 Å². The van der Waals surface area contributed by atoms with Crippen molar-refractivity contribution < 1.29 is 18.8 Å². The third-order valence-electron chi connectivity index (χ3n) is 5.13. The minimum absolute atomic E-state index is 0.237. The van der Waals surface area contributed by atoms with E-state index in [0.29, 0.717) is 10.7 Å². The first kappa shape index (κ1) is 22.8. The van der Waals surface area contributed by atoms with Gasteiger partial charge in [-0.25, -0.2) is 4.39 Å². The molecular weight excluding hydrogens is 465 g/mol. The first-order valence-electron chi connectivity index (χ1n) is 9.98. The molecule has 1 fully saturated rings. The number of hydrogen-bond donors (Lipinski definition) is 1. The number of carbonyl (C=O) groups is 3. The van der Waals surface area contributed by atoms with Crippen molar-refractivity contribution in [3.05, 3.63) is 87.3 Å². The molecule has 0 bridgehead atoms. The van der Waals surface area contributed by atoms with E-state index in [4.69, 9.17) is 11.6 Å². The van der Waals surface area contributed by atoms with E-state index in [1.165, 1.54) is 24.3 Å². The number of halogens is 2. The first-order chi connectivity index (χ1) is 15.7. The molecule has 0 radical (unpaired) electrons. The lowest BCUT2D eigenvalue weighted by Crippen LogP contribution is -2.36. The predicted octanol–water partition coefficient (Wildman–Crippen LogP) is 5.56. The maximum atomic E-state index is 13.0. The van der Waals surface area contributed by atoms with Gasteiger partial charge in [0.2, 0.25) is 5.91 Å². The number of thioether (sulfide) groups is 1. The maximum absolute atomic E-state index is 13.0. The van der Waals surface area contributed by atoms with E-state index in [0.717, 1.165) is 39.3 Å². The van der Waals surface area contributed by atoms with Crippen LogP contribution in [0.4, 0.5) is 14.9 Å². The average molecular weight is 484 g/mol. The van der Waals surface area contributed by atoms with E-state index in [1.54, 1.807) is 12.1 Å². The summed E-state index contributed by atoms with van der Waals surface area (Å²) in [5, 5.41) is 2.64. The van der Waals surface area contributed by atoms with Crippen molar-refractivity contribution in [3.63, 3.8) is 0 Å². The van der Waals surface area contributed by atoms with Gasteiger partial charge < -0.3 is 9.88 Å². The van der Waals surface area contributed by atoms with Crippen molar-refractivity contribution in [1.29, 1.82) is 0 Å². The van der Waals surface area contributed by atoms with Gasteiger partial charge in [0.25, 0.3) is 11.1 Å². The SMILES string of the molecule is Cc1cc(/C=C2\SC(=O)N(CC(=O)Nc3ccc(F)cc3)C2=O)c(C)n1-c1cccc(Cl)c1. The van der Waals surface area contributed by atoms with Crippen LogP contribution in [0.25, 0.3) is 11.8 Å². The summed E-state index contributed by atoms with van der Waals surface area (Å²) >= 11 is 6.92. The molecule has 33 heavy (non-hydrogen) atoms. The van der Waals surface area contributed by atoms with Gasteiger partial charge in [0.1, 0.15) is 12.4 Å². The number of aryl methyl sites for hydroxylation is 1. The van der Waals surface area contributed by atoms with E-state index in [9.17, 15) is 18.8 Å². The summed E-state index contributed by atoms with van der Waals surface area (Å²) < 4.78 is 15.0. The Labute approximate surface area is 199 Å². The van der Waals surface area contributed by atoms with Gasteiger partial charge >= 0.3 is 0 Å². The van der Waals surface area contributed by atoms with E-state index < -0.39 is 29.4 Å². The number of anilines is 1. The van der Waals surface area contributed by atoms with E-state index in [2.05, 4.69) is 5.32 Å². The van der Waals surface area contributed by atoms with Crippen LogP contribution >= 0.6 is 23.4 Å². The molecule has 1 N–H and O–H groups in total.